The molecule has 4 aromatic rings. The van der Waals surface area contributed by atoms with Gasteiger partial charge in [0.1, 0.15) is 5.75 Å². The summed E-state index contributed by atoms with van der Waals surface area (Å²) in [7, 11) is 0. The molecular formula is C24H20O. The van der Waals surface area contributed by atoms with Crippen LogP contribution < -0.4 is 0 Å². The maximum absolute atomic E-state index is 9.57. The highest BCUT2D eigenvalue weighted by Gasteiger charge is 2.17. The van der Waals surface area contributed by atoms with Crippen LogP contribution in [-0.4, -0.2) is 5.11 Å². The van der Waals surface area contributed by atoms with Gasteiger partial charge in [-0.1, -0.05) is 84.9 Å². The first-order valence-electron chi connectivity index (χ1n) is 8.62. The summed E-state index contributed by atoms with van der Waals surface area (Å²) in [4.78, 5) is 0. The lowest BCUT2D eigenvalue weighted by Gasteiger charge is -2.20. The predicted molar refractivity (Wildman–Crippen MR) is 104 cm³/mol. The van der Waals surface area contributed by atoms with E-state index in [4.69, 9.17) is 0 Å². The van der Waals surface area contributed by atoms with Crippen molar-refractivity contribution in [1.82, 2.24) is 0 Å². The molecule has 1 atom stereocenters. The highest BCUT2D eigenvalue weighted by atomic mass is 16.3. The number of hydrogen-bond donors (Lipinski definition) is 1. The van der Waals surface area contributed by atoms with Gasteiger partial charge in [0.25, 0.3) is 0 Å². The quantitative estimate of drug-likeness (QED) is 0.494. The van der Waals surface area contributed by atoms with Crippen LogP contribution in [0.4, 0.5) is 0 Å². The number of benzene rings is 4. The van der Waals surface area contributed by atoms with E-state index in [9.17, 15) is 5.11 Å². The summed E-state index contributed by atoms with van der Waals surface area (Å²) in [5.74, 6) is 0.585. The Bertz CT molecular complexity index is 966. The Kier molecular flexibility index (Phi) is 4.22. The van der Waals surface area contributed by atoms with E-state index in [1.165, 1.54) is 27.5 Å². The Labute approximate surface area is 148 Å². The van der Waals surface area contributed by atoms with Crippen LogP contribution >= 0.6 is 0 Å². The van der Waals surface area contributed by atoms with Crippen molar-refractivity contribution in [3.8, 4) is 5.75 Å². The zero-order valence-corrected chi connectivity index (χ0v) is 14.0. The second kappa shape index (κ2) is 6.82. The molecule has 0 saturated heterocycles. The molecule has 1 unspecified atom stereocenters. The summed E-state index contributed by atoms with van der Waals surface area (Å²) >= 11 is 0. The maximum Gasteiger partial charge on any atom is 0.115 e. The summed E-state index contributed by atoms with van der Waals surface area (Å²) in [5, 5.41) is 12.1. The molecule has 0 aliphatic heterocycles. The number of aromatic hydroxyl groups is 1. The molecule has 0 radical (unpaired) electrons. The Morgan fingerprint density at radius 3 is 2.12 bits per heavy atom. The second-order valence-corrected chi connectivity index (χ2v) is 6.40. The van der Waals surface area contributed by atoms with Crippen molar-refractivity contribution in [2.75, 3.05) is 0 Å². The third kappa shape index (κ3) is 3.27. The third-order valence-electron chi connectivity index (χ3n) is 4.78. The standard InChI is InChI=1S/C24H20O/c25-21-15-13-18(14-16-21)17-24(20-7-2-1-3-8-20)23-12-6-10-19-9-4-5-11-22(19)23/h1-16,24-25H,17H2. The van der Waals surface area contributed by atoms with Crippen molar-refractivity contribution in [2.45, 2.75) is 12.3 Å². The lowest BCUT2D eigenvalue weighted by Crippen LogP contribution is -2.06. The fourth-order valence-electron chi connectivity index (χ4n) is 3.51. The normalized spacial score (nSPS) is 12.2. The van der Waals surface area contributed by atoms with Crippen LogP contribution in [0.2, 0.25) is 0 Å². The van der Waals surface area contributed by atoms with Gasteiger partial charge in [-0.2, -0.15) is 0 Å². The molecule has 0 aliphatic carbocycles. The topological polar surface area (TPSA) is 20.2 Å². The summed E-state index contributed by atoms with van der Waals surface area (Å²) < 4.78 is 0. The van der Waals surface area contributed by atoms with Crippen molar-refractivity contribution >= 4 is 10.8 Å². The molecule has 0 amide bonds. The van der Waals surface area contributed by atoms with Gasteiger partial charge in [-0.3, -0.25) is 0 Å². The first kappa shape index (κ1) is 15.5. The van der Waals surface area contributed by atoms with Gasteiger partial charge in [-0.15, -0.1) is 0 Å². The van der Waals surface area contributed by atoms with E-state index in [2.05, 4.69) is 72.8 Å². The van der Waals surface area contributed by atoms with E-state index in [1.54, 1.807) is 12.1 Å². The molecule has 0 aliphatic rings. The first-order valence-corrected chi connectivity index (χ1v) is 8.62. The Morgan fingerprint density at radius 2 is 1.32 bits per heavy atom. The molecule has 0 aromatic heterocycles. The molecular weight excluding hydrogens is 304 g/mol. The number of phenols is 1. The maximum atomic E-state index is 9.57. The molecule has 0 saturated carbocycles. The SMILES string of the molecule is Oc1ccc(CC(c2ccccc2)c2cccc3ccccc23)cc1. The minimum Gasteiger partial charge on any atom is -0.508 e. The van der Waals surface area contributed by atoms with Crippen LogP contribution in [0.5, 0.6) is 5.75 Å². The summed E-state index contributed by atoms with van der Waals surface area (Å²) in [6, 6.07) is 33.3. The number of fused-ring (bicyclic) bond motifs is 1. The van der Waals surface area contributed by atoms with E-state index >= 15 is 0 Å². The first-order chi connectivity index (χ1) is 12.3. The third-order valence-corrected chi connectivity index (χ3v) is 4.78. The molecule has 4 rings (SSSR count). The molecule has 0 spiro atoms. The molecule has 0 bridgehead atoms. The molecule has 1 nitrogen and oxygen atoms in total. The summed E-state index contributed by atoms with van der Waals surface area (Å²) in [6.07, 6.45) is 0.901. The van der Waals surface area contributed by atoms with Crippen molar-refractivity contribution in [3.05, 3.63) is 114 Å². The van der Waals surface area contributed by atoms with Crippen LogP contribution in [0.25, 0.3) is 10.8 Å². The van der Waals surface area contributed by atoms with Crippen LogP contribution in [-0.2, 0) is 6.42 Å². The van der Waals surface area contributed by atoms with Crippen molar-refractivity contribution in [2.24, 2.45) is 0 Å². The minimum atomic E-state index is 0.275. The van der Waals surface area contributed by atoms with Crippen LogP contribution in [0.1, 0.15) is 22.6 Å². The Hall–Kier alpha value is -3.06. The molecule has 25 heavy (non-hydrogen) atoms. The van der Waals surface area contributed by atoms with Crippen LogP contribution in [0.3, 0.4) is 0 Å². The zero-order chi connectivity index (χ0) is 17.1. The van der Waals surface area contributed by atoms with Gasteiger partial charge in [-0.05, 0) is 46.0 Å². The largest absolute Gasteiger partial charge is 0.508 e. The number of phenolic OH excluding ortho intramolecular Hbond substituents is 1. The van der Waals surface area contributed by atoms with Gasteiger partial charge < -0.3 is 5.11 Å². The summed E-state index contributed by atoms with van der Waals surface area (Å²) in [5.41, 5.74) is 3.88. The monoisotopic (exact) mass is 324 g/mol. The van der Waals surface area contributed by atoms with E-state index in [0.717, 1.165) is 6.42 Å². The zero-order valence-electron chi connectivity index (χ0n) is 14.0. The van der Waals surface area contributed by atoms with Gasteiger partial charge >= 0.3 is 0 Å². The van der Waals surface area contributed by atoms with Gasteiger partial charge in [0, 0.05) is 5.92 Å². The highest BCUT2D eigenvalue weighted by molar-refractivity contribution is 5.86. The fraction of sp³-hybridized carbons (Fsp3) is 0.0833. The molecule has 1 heteroatoms. The molecule has 0 heterocycles. The number of rotatable bonds is 4. The van der Waals surface area contributed by atoms with Gasteiger partial charge in [-0.25, -0.2) is 0 Å². The predicted octanol–water partition coefficient (Wildman–Crippen LogP) is 5.92. The average Bonchev–Trinajstić information content (AvgIpc) is 2.68. The Morgan fingerprint density at radius 1 is 0.640 bits per heavy atom. The van der Waals surface area contributed by atoms with E-state index in [1.807, 2.05) is 12.1 Å². The minimum absolute atomic E-state index is 0.275. The molecule has 1 N–H and O–H groups in total. The lowest BCUT2D eigenvalue weighted by atomic mass is 9.83. The van der Waals surface area contributed by atoms with Crippen LogP contribution in [0.15, 0.2) is 97.1 Å². The number of hydrogen-bond acceptors (Lipinski definition) is 1. The molecule has 0 fully saturated rings. The fourth-order valence-corrected chi connectivity index (χ4v) is 3.51. The van der Waals surface area contributed by atoms with Gasteiger partial charge in [0.15, 0.2) is 0 Å². The van der Waals surface area contributed by atoms with E-state index in [-0.39, 0.29) is 5.92 Å². The van der Waals surface area contributed by atoms with Gasteiger partial charge in [0.2, 0.25) is 0 Å². The van der Waals surface area contributed by atoms with E-state index in [0.29, 0.717) is 5.75 Å². The smallest absolute Gasteiger partial charge is 0.115 e. The molecule has 4 aromatic carbocycles. The van der Waals surface area contributed by atoms with Crippen molar-refractivity contribution in [3.63, 3.8) is 0 Å². The second-order valence-electron chi connectivity index (χ2n) is 6.40. The average molecular weight is 324 g/mol. The van der Waals surface area contributed by atoms with Crippen molar-refractivity contribution in [1.29, 1.82) is 0 Å². The van der Waals surface area contributed by atoms with Gasteiger partial charge in [0.05, 0.1) is 0 Å². The molecule has 122 valence electrons. The Balaban J connectivity index is 1.83. The lowest BCUT2D eigenvalue weighted by molar-refractivity contribution is 0.475. The van der Waals surface area contributed by atoms with E-state index < -0.39 is 0 Å². The van der Waals surface area contributed by atoms with Crippen molar-refractivity contribution < 1.29 is 5.11 Å². The van der Waals surface area contributed by atoms with Crippen LogP contribution in [0, 0.1) is 0 Å². The summed E-state index contributed by atoms with van der Waals surface area (Å²) in [6.45, 7) is 0. The highest BCUT2D eigenvalue weighted by Crippen LogP contribution is 2.33.